The number of carbonyl (C=O) groups excluding carboxylic acids is 1. The molecule has 3 rings (SSSR count). The molecule has 5 heteroatoms. The van der Waals surface area contributed by atoms with E-state index in [-0.39, 0.29) is 16.9 Å². The molecule has 1 fully saturated rings. The number of hydrogen-bond donors (Lipinski definition) is 2. The van der Waals surface area contributed by atoms with Crippen LogP contribution in [0.4, 0.5) is 4.39 Å². The van der Waals surface area contributed by atoms with Crippen molar-refractivity contribution in [3.63, 3.8) is 0 Å². The lowest BCUT2D eigenvalue weighted by Gasteiger charge is -2.49. The van der Waals surface area contributed by atoms with Gasteiger partial charge in [-0.2, -0.15) is 0 Å². The number of rotatable bonds is 1. The summed E-state index contributed by atoms with van der Waals surface area (Å²) >= 11 is 0. The van der Waals surface area contributed by atoms with E-state index in [0.29, 0.717) is 13.0 Å². The SMILES string of the molecule is C[C@@]12CCCCN1Cc1cc(C(=O)NO)cc(F)c1C2. The predicted molar refractivity (Wildman–Crippen MR) is 72.0 cm³/mol. The molecule has 1 aromatic rings. The van der Waals surface area contributed by atoms with E-state index in [4.69, 9.17) is 5.21 Å². The van der Waals surface area contributed by atoms with Gasteiger partial charge < -0.3 is 0 Å². The Kier molecular flexibility index (Phi) is 3.26. The Morgan fingerprint density at radius 1 is 1.45 bits per heavy atom. The molecule has 0 unspecified atom stereocenters. The van der Waals surface area contributed by atoms with Gasteiger partial charge in [-0.3, -0.25) is 14.9 Å². The fourth-order valence-corrected chi connectivity index (χ4v) is 3.52. The van der Waals surface area contributed by atoms with E-state index in [1.807, 2.05) is 0 Å². The van der Waals surface area contributed by atoms with Gasteiger partial charge in [-0.05, 0) is 56.0 Å². The van der Waals surface area contributed by atoms with E-state index in [2.05, 4.69) is 11.8 Å². The van der Waals surface area contributed by atoms with Crippen molar-refractivity contribution in [2.45, 2.75) is 44.7 Å². The number of nitrogens with one attached hydrogen (secondary N) is 1. The molecule has 2 aliphatic heterocycles. The summed E-state index contributed by atoms with van der Waals surface area (Å²) in [6.07, 6.45) is 4.14. The van der Waals surface area contributed by atoms with Crippen LogP contribution in [0.25, 0.3) is 0 Å². The number of amides is 1. The molecule has 0 saturated carbocycles. The number of fused-ring (bicyclic) bond motifs is 2. The molecule has 4 nitrogen and oxygen atoms in total. The average Bonchev–Trinajstić information content (AvgIpc) is 2.44. The molecular weight excluding hydrogens is 259 g/mol. The summed E-state index contributed by atoms with van der Waals surface area (Å²) in [6, 6.07) is 2.91. The van der Waals surface area contributed by atoms with Gasteiger partial charge in [-0.25, -0.2) is 9.87 Å². The summed E-state index contributed by atoms with van der Waals surface area (Å²) in [5, 5.41) is 8.68. The van der Waals surface area contributed by atoms with Crippen LogP contribution in [0.15, 0.2) is 12.1 Å². The van der Waals surface area contributed by atoms with Crippen LogP contribution in [0.5, 0.6) is 0 Å². The first kappa shape index (κ1) is 13.5. The maximum absolute atomic E-state index is 14.3. The zero-order chi connectivity index (χ0) is 14.3. The average molecular weight is 278 g/mol. The van der Waals surface area contributed by atoms with E-state index >= 15 is 0 Å². The van der Waals surface area contributed by atoms with E-state index < -0.39 is 5.91 Å². The van der Waals surface area contributed by atoms with Crippen LogP contribution >= 0.6 is 0 Å². The van der Waals surface area contributed by atoms with Crippen LogP contribution in [0.3, 0.4) is 0 Å². The van der Waals surface area contributed by atoms with Crippen LogP contribution in [0.2, 0.25) is 0 Å². The summed E-state index contributed by atoms with van der Waals surface area (Å²) < 4.78 is 14.3. The molecule has 1 aromatic carbocycles. The van der Waals surface area contributed by atoms with Crippen LogP contribution in [0, 0.1) is 5.82 Å². The van der Waals surface area contributed by atoms with Crippen molar-refractivity contribution >= 4 is 5.91 Å². The largest absolute Gasteiger partial charge is 0.293 e. The lowest BCUT2D eigenvalue weighted by atomic mass is 9.78. The van der Waals surface area contributed by atoms with Crippen LogP contribution in [-0.2, 0) is 13.0 Å². The molecule has 108 valence electrons. The first-order valence-corrected chi connectivity index (χ1v) is 7.04. The number of nitrogens with zero attached hydrogens (tertiary/aromatic N) is 1. The maximum Gasteiger partial charge on any atom is 0.274 e. The van der Waals surface area contributed by atoms with Gasteiger partial charge in [0, 0.05) is 17.6 Å². The van der Waals surface area contributed by atoms with E-state index in [9.17, 15) is 9.18 Å². The smallest absolute Gasteiger partial charge is 0.274 e. The lowest BCUT2D eigenvalue weighted by molar-refractivity contribution is 0.0416. The Balaban J connectivity index is 2.01. The van der Waals surface area contributed by atoms with E-state index in [1.54, 1.807) is 11.5 Å². The van der Waals surface area contributed by atoms with Gasteiger partial charge in [0.25, 0.3) is 5.91 Å². The third-order valence-electron chi connectivity index (χ3n) is 4.73. The van der Waals surface area contributed by atoms with Gasteiger partial charge in [0.15, 0.2) is 0 Å². The van der Waals surface area contributed by atoms with Crippen molar-refractivity contribution in [3.05, 3.63) is 34.6 Å². The number of piperidine rings is 1. The first-order chi connectivity index (χ1) is 9.53. The highest BCUT2D eigenvalue weighted by Crippen LogP contribution is 2.38. The second-order valence-corrected chi connectivity index (χ2v) is 6.09. The van der Waals surface area contributed by atoms with Crippen LogP contribution in [0.1, 0.15) is 47.7 Å². The monoisotopic (exact) mass is 278 g/mol. The van der Waals surface area contributed by atoms with Gasteiger partial charge in [-0.1, -0.05) is 6.42 Å². The van der Waals surface area contributed by atoms with Crippen molar-refractivity contribution in [1.82, 2.24) is 10.4 Å². The zero-order valence-corrected chi connectivity index (χ0v) is 11.6. The Morgan fingerprint density at radius 3 is 3.00 bits per heavy atom. The van der Waals surface area contributed by atoms with Crippen LogP contribution in [-0.4, -0.2) is 28.1 Å². The maximum atomic E-state index is 14.3. The molecule has 1 saturated heterocycles. The highest BCUT2D eigenvalue weighted by atomic mass is 19.1. The molecule has 2 aliphatic rings. The molecule has 0 aliphatic carbocycles. The summed E-state index contributed by atoms with van der Waals surface area (Å²) in [7, 11) is 0. The molecule has 2 N–H and O–H groups in total. The molecule has 0 aromatic heterocycles. The fraction of sp³-hybridized carbons (Fsp3) is 0.533. The molecule has 20 heavy (non-hydrogen) atoms. The first-order valence-electron chi connectivity index (χ1n) is 7.04. The Bertz CT molecular complexity index is 561. The van der Waals surface area contributed by atoms with Gasteiger partial charge in [0.05, 0.1) is 0 Å². The standard InChI is InChI=1S/C15H19FN2O2/c1-15-4-2-3-5-18(15)9-11-6-10(14(19)17-20)7-13(16)12(11)8-15/h6-7,20H,2-5,8-9H2,1H3,(H,17,19)/t15-/m0/s1. The normalized spacial score (nSPS) is 25.8. The number of benzene rings is 1. The minimum atomic E-state index is -0.668. The third kappa shape index (κ3) is 2.11. The van der Waals surface area contributed by atoms with Gasteiger partial charge in [0.1, 0.15) is 5.82 Å². The number of hydrogen-bond acceptors (Lipinski definition) is 3. The molecule has 1 amide bonds. The molecule has 1 atom stereocenters. The number of hydroxylamine groups is 1. The van der Waals surface area contributed by atoms with E-state index in [0.717, 1.165) is 24.1 Å². The quantitative estimate of drug-likeness (QED) is 0.612. The second kappa shape index (κ2) is 4.82. The Hall–Kier alpha value is -1.46. The van der Waals surface area contributed by atoms with Crippen molar-refractivity contribution in [2.24, 2.45) is 0 Å². The minimum Gasteiger partial charge on any atom is -0.293 e. The summed E-state index contributed by atoms with van der Waals surface area (Å²) in [6.45, 7) is 3.90. The van der Waals surface area contributed by atoms with Crippen molar-refractivity contribution in [1.29, 1.82) is 0 Å². The summed E-state index contributed by atoms with van der Waals surface area (Å²) in [5.74, 6) is -1.01. The zero-order valence-electron chi connectivity index (χ0n) is 11.6. The van der Waals surface area contributed by atoms with Gasteiger partial charge in [0.2, 0.25) is 0 Å². The Labute approximate surface area is 117 Å². The highest BCUT2D eigenvalue weighted by molar-refractivity contribution is 5.93. The lowest BCUT2D eigenvalue weighted by Crippen LogP contribution is -2.53. The Morgan fingerprint density at radius 2 is 2.25 bits per heavy atom. The molecule has 2 heterocycles. The predicted octanol–water partition coefficient (Wildman–Crippen LogP) is 2.25. The van der Waals surface area contributed by atoms with Crippen molar-refractivity contribution in [2.75, 3.05) is 6.54 Å². The molecular formula is C15H19FN2O2. The third-order valence-corrected chi connectivity index (χ3v) is 4.73. The minimum absolute atomic E-state index is 0.0346. The highest BCUT2D eigenvalue weighted by Gasteiger charge is 2.39. The van der Waals surface area contributed by atoms with Crippen molar-refractivity contribution in [3.8, 4) is 0 Å². The topological polar surface area (TPSA) is 52.6 Å². The summed E-state index contributed by atoms with van der Waals surface area (Å²) in [5.41, 5.74) is 3.35. The van der Waals surface area contributed by atoms with Gasteiger partial charge >= 0.3 is 0 Å². The molecule has 0 spiro atoms. The summed E-state index contributed by atoms with van der Waals surface area (Å²) in [4.78, 5) is 13.8. The molecule has 0 bridgehead atoms. The van der Waals surface area contributed by atoms with Crippen LogP contribution < -0.4 is 5.48 Å². The second-order valence-electron chi connectivity index (χ2n) is 6.09. The number of halogens is 1. The molecule has 0 radical (unpaired) electrons. The fourth-order valence-electron chi connectivity index (χ4n) is 3.52. The van der Waals surface area contributed by atoms with Gasteiger partial charge in [-0.15, -0.1) is 0 Å². The number of carbonyl (C=O) groups is 1. The van der Waals surface area contributed by atoms with Crippen molar-refractivity contribution < 1.29 is 14.4 Å². The van der Waals surface area contributed by atoms with E-state index in [1.165, 1.54) is 18.9 Å².